The summed E-state index contributed by atoms with van der Waals surface area (Å²) >= 11 is 0. The molecular formula is C9H15NO2. The fourth-order valence-corrected chi connectivity index (χ4v) is 2.25. The van der Waals surface area contributed by atoms with Crippen LogP contribution in [-0.4, -0.2) is 18.1 Å². The van der Waals surface area contributed by atoms with Gasteiger partial charge in [0.25, 0.3) is 0 Å². The average Bonchev–Trinajstić information content (AvgIpc) is 2.04. The normalized spacial score (nSPS) is 42.4. The van der Waals surface area contributed by atoms with Gasteiger partial charge in [-0.2, -0.15) is 0 Å². The van der Waals surface area contributed by atoms with E-state index in [0.29, 0.717) is 12.2 Å². The lowest BCUT2D eigenvalue weighted by atomic mass is 9.81. The molecule has 1 heterocycles. The predicted octanol–water partition coefficient (Wildman–Crippen LogP) is 0.819. The minimum absolute atomic E-state index is 0.134. The Labute approximate surface area is 72.3 Å². The highest BCUT2D eigenvalue weighted by molar-refractivity contribution is 5.82. The maximum absolute atomic E-state index is 11.5. The fourth-order valence-electron chi connectivity index (χ4n) is 2.25. The SMILES string of the molecule is NC1CC(=O)C2CCCCC2O1. The molecule has 3 atom stereocenters. The molecule has 0 amide bonds. The van der Waals surface area contributed by atoms with Crippen LogP contribution >= 0.6 is 0 Å². The van der Waals surface area contributed by atoms with E-state index in [2.05, 4.69) is 0 Å². The molecule has 1 aliphatic heterocycles. The van der Waals surface area contributed by atoms with Crippen molar-refractivity contribution in [1.29, 1.82) is 0 Å². The van der Waals surface area contributed by atoms with Crippen molar-refractivity contribution in [1.82, 2.24) is 0 Å². The van der Waals surface area contributed by atoms with Crippen molar-refractivity contribution >= 4 is 5.78 Å². The van der Waals surface area contributed by atoms with Crippen molar-refractivity contribution in [3.63, 3.8) is 0 Å². The van der Waals surface area contributed by atoms with Gasteiger partial charge in [-0.15, -0.1) is 0 Å². The standard InChI is InChI=1S/C9H15NO2/c10-9-5-7(11)6-3-1-2-4-8(6)12-9/h6,8-9H,1-5,10H2. The largest absolute Gasteiger partial charge is 0.359 e. The summed E-state index contributed by atoms with van der Waals surface area (Å²) in [5, 5.41) is 0. The van der Waals surface area contributed by atoms with E-state index < -0.39 is 0 Å². The molecule has 0 aromatic heterocycles. The molecule has 0 aromatic carbocycles. The van der Waals surface area contributed by atoms with Crippen molar-refractivity contribution < 1.29 is 9.53 Å². The van der Waals surface area contributed by atoms with Crippen LogP contribution in [0.4, 0.5) is 0 Å². The van der Waals surface area contributed by atoms with Crippen LogP contribution in [0.1, 0.15) is 32.1 Å². The molecule has 0 radical (unpaired) electrons. The van der Waals surface area contributed by atoms with E-state index in [0.717, 1.165) is 12.8 Å². The van der Waals surface area contributed by atoms with Crippen molar-refractivity contribution in [2.75, 3.05) is 0 Å². The average molecular weight is 169 g/mol. The monoisotopic (exact) mass is 169 g/mol. The van der Waals surface area contributed by atoms with Gasteiger partial charge in [-0.05, 0) is 12.8 Å². The Kier molecular flexibility index (Phi) is 2.15. The third kappa shape index (κ3) is 1.39. The summed E-state index contributed by atoms with van der Waals surface area (Å²) in [7, 11) is 0. The van der Waals surface area contributed by atoms with Gasteiger partial charge in [-0.3, -0.25) is 4.79 Å². The molecule has 0 bridgehead atoms. The smallest absolute Gasteiger partial charge is 0.142 e. The van der Waals surface area contributed by atoms with Gasteiger partial charge < -0.3 is 10.5 Å². The number of fused-ring (bicyclic) bond motifs is 1. The summed E-state index contributed by atoms with van der Waals surface area (Å²) in [6.45, 7) is 0. The van der Waals surface area contributed by atoms with Gasteiger partial charge in [-0.25, -0.2) is 0 Å². The lowest BCUT2D eigenvalue weighted by Crippen LogP contribution is -2.46. The van der Waals surface area contributed by atoms with Gasteiger partial charge in [0, 0.05) is 12.3 Å². The molecule has 0 aromatic rings. The maximum Gasteiger partial charge on any atom is 0.142 e. The molecule has 2 N–H and O–H groups in total. The predicted molar refractivity (Wildman–Crippen MR) is 44.4 cm³/mol. The molecule has 1 aliphatic carbocycles. The van der Waals surface area contributed by atoms with E-state index in [-0.39, 0.29) is 18.2 Å². The second-order valence-corrected chi connectivity index (χ2v) is 3.77. The fraction of sp³-hybridized carbons (Fsp3) is 0.889. The number of Topliss-reactive ketones (excluding diaryl/α,β-unsaturated/α-hetero) is 1. The summed E-state index contributed by atoms with van der Waals surface area (Å²) in [4.78, 5) is 11.5. The Morgan fingerprint density at radius 2 is 2.08 bits per heavy atom. The van der Waals surface area contributed by atoms with E-state index in [9.17, 15) is 4.79 Å². The number of nitrogens with two attached hydrogens (primary N) is 1. The lowest BCUT2D eigenvalue weighted by Gasteiger charge is -2.36. The molecule has 2 rings (SSSR count). The number of hydrogen-bond acceptors (Lipinski definition) is 3. The third-order valence-electron chi connectivity index (χ3n) is 2.87. The van der Waals surface area contributed by atoms with Gasteiger partial charge in [-0.1, -0.05) is 12.8 Å². The Balaban J connectivity index is 2.06. The van der Waals surface area contributed by atoms with Crippen LogP contribution in [0.3, 0.4) is 0 Å². The second kappa shape index (κ2) is 3.15. The molecule has 3 heteroatoms. The van der Waals surface area contributed by atoms with Crippen LogP contribution in [-0.2, 0) is 9.53 Å². The summed E-state index contributed by atoms with van der Waals surface area (Å²) in [6.07, 6.45) is 4.60. The highest BCUT2D eigenvalue weighted by Gasteiger charge is 2.37. The van der Waals surface area contributed by atoms with Gasteiger partial charge in [0.05, 0.1) is 6.10 Å². The van der Waals surface area contributed by atoms with E-state index in [1.165, 1.54) is 12.8 Å². The molecule has 1 saturated carbocycles. The molecule has 3 unspecified atom stereocenters. The zero-order valence-electron chi connectivity index (χ0n) is 7.16. The molecule has 0 spiro atoms. The maximum atomic E-state index is 11.5. The van der Waals surface area contributed by atoms with Crippen LogP contribution < -0.4 is 5.73 Å². The van der Waals surface area contributed by atoms with Crippen LogP contribution in [0, 0.1) is 5.92 Å². The summed E-state index contributed by atoms with van der Waals surface area (Å²) in [6, 6.07) is 0. The molecule has 2 aliphatic rings. The van der Waals surface area contributed by atoms with Crippen LogP contribution in [0.15, 0.2) is 0 Å². The number of hydrogen-bond donors (Lipinski definition) is 1. The topological polar surface area (TPSA) is 52.3 Å². The minimum Gasteiger partial charge on any atom is -0.359 e. The first-order chi connectivity index (χ1) is 5.77. The van der Waals surface area contributed by atoms with Crippen LogP contribution in [0.25, 0.3) is 0 Å². The zero-order valence-corrected chi connectivity index (χ0v) is 7.16. The molecule has 3 nitrogen and oxygen atoms in total. The highest BCUT2D eigenvalue weighted by Crippen LogP contribution is 2.32. The number of carbonyl (C=O) groups excluding carboxylic acids is 1. The van der Waals surface area contributed by atoms with Crippen molar-refractivity contribution in [3.8, 4) is 0 Å². The van der Waals surface area contributed by atoms with Gasteiger partial charge >= 0.3 is 0 Å². The van der Waals surface area contributed by atoms with Crippen molar-refractivity contribution in [2.24, 2.45) is 11.7 Å². The first-order valence-corrected chi connectivity index (χ1v) is 4.71. The molecule has 2 fully saturated rings. The second-order valence-electron chi connectivity index (χ2n) is 3.77. The number of ether oxygens (including phenoxy) is 1. The number of rotatable bonds is 0. The van der Waals surface area contributed by atoms with Gasteiger partial charge in [0.1, 0.15) is 12.0 Å². The lowest BCUT2D eigenvalue weighted by molar-refractivity contribution is -0.149. The Hall–Kier alpha value is -0.410. The molecule has 12 heavy (non-hydrogen) atoms. The van der Waals surface area contributed by atoms with Crippen LogP contribution in [0.2, 0.25) is 0 Å². The summed E-state index contributed by atoms with van der Waals surface area (Å²) in [5.74, 6) is 0.483. The van der Waals surface area contributed by atoms with Crippen LogP contribution in [0.5, 0.6) is 0 Å². The third-order valence-corrected chi connectivity index (χ3v) is 2.87. The molecule has 68 valence electrons. The summed E-state index contributed by atoms with van der Waals surface area (Å²) in [5.41, 5.74) is 5.59. The highest BCUT2D eigenvalue weighted by atomic mass is 16.5. The number of ketones is 1. The first-order valence-electron chi connectivity index (χ1n) is 4.71. The van der Waals surface area contributed by atoms with Gasteiger partial charge in [0.15, 0.2) is 0 Å². The van der Waals surface area contributed by atoms with Crippen molar-refractivity contribution in [2.45, 2.75) is 44.4 Å². The minimum atomic E-state index is -0.336. The summed E-state index contributed by atoms with van der Waals surface area (Å²) < 4.78 is 5.52. The van der Waals surface area contributed by atoms with Crippen molar-refractivity contribution in [3.05, 3.63) is 0 Å². The van der Waals surface area contributed by atoms with Gasteiger partial charge in [0.2, 0.25) is 0 Å². The molecular weight excluding hydrogens is 154 g/mol. The zero-order chi connectivity index (χ0) is 8.55. The Morgan fingerprint density at radius 1 is 1.33 bits per heavy atom. The van der Waals surface area contributed by atoms with E-state index in [1.807, 2.05) is 0 Å². The molecule has 1 saturated heterocycles. The Bertz CT molecular complexity index is 193. The quantitative estimate of drug-likeness (QED) is 0.584. The van der Waals surface area contributed by atoms with E-state index in [4.69, 9.17) is 10.5 Å². The number of carbonyl (C=O) groups is 1. The van der Waals surface area contributed by atoms with E-state index >= 15 is 0 Å². The van der Waals surface area contributed by atoms with E-state index in [1.54, 1.807) is 0 Å². The Morgan fingerprint density at radius 3 is 2.92 bits per heavy atom. The first kappa shape index (κ1) is 8.20.